The first kappa shape index (κ1) is 25.4. The molecule has 1 fully saturated rings. The maximum Gasteiger partial charge on any atom is 0.408 e. The number of carboxylic acid groups (broad SMARTS) is 1. The molecule has 3 N–H and O–H groups in total. The average Bonchev–Trinajstić information content (AvgIpc) is 2.75. The summed E-state index contributed by atoms with van der Waals surface area (Å²) in [5.41, 5.74) is -0.651. The predicted molar refractivity (Wildman–Crippen MR) is 114 cm³/mol. The van der Waals surface area contributed by atoms with Gasteiger partial charge >= 0.3 is 12.1 Å². The van der Waals surface area contributed by atoms with Crippen LogP contribution in [0.25, 0.3) is 0 Å². The lowest BCUT2D eigenvalue weighted by Crippen LogP contribution is -2.51. The molecular formula is C18H31N3O6S2. The largest absolute Gasteiger partial charge is 0.481 e. The molecule has 9 nitrogen and oxygen atoms in total. The van der Waals surface area contributed by atoms with Crippen molar-refractivity contribution in [1.29, 1.82) is 0 Å². The van der Waals surface area contributed by atoms with Gasteiger partial charge in [-0.1, -0.05) is 21.6 Å². The average molecular weight is 450 g/mol. The maximum atomic E-state index is 12.7. The van der Waals surface area contributed by atoms with E-state index in [2.05, 4.69) is 10.6 Å². The molecule has 0 aliphatic carbocycles. The molecule has 166 valence electrons. The van der Waals surface area contributed by atoms with Gasteiger partial charge in [-0.25, -0.2) is 4.79 Å². The van der Waals surface area contributed by atoms with E-state index in [1.54, 1.807) is 20.8 Å². The fraction of sp³-hybridized carbons (Fsp3) is 0.778. The van der Waals surface area contributed by atoms with E-state index in [0.29, 0.717) is 31.0 Å². The number of hydrogen-bond donors (Lipinski definition) is 3. The number of ether oxygens (including phenoxy) is 1. The van der Waals surface area contributed by atoms with E-state index in [4.69, 9.17) is 9.84 Å². The van der Waals surface area contributed by atoms with Crippen molar-refractivity contribution >= 4 is 45.5 Å². The lowest BCUT2D eigenvalue weighted by atomic mass is 10.1. The van der Waals surface area contributed by atoms with E-state index in [1.165, 1.54) is 26.5 Å². The fourth-order valence-corrected chi connectivity index (χ4v) is 4.44. The van der Waals surface area contributed by atoms with Gasteiger partial charge in [-0.05, 0) is 40.0 Å². The van der Waals surface area contributed by atoms with Gasteiger partial charge < -0.3 is 25.4 Å². The summed E-state index contributed by atoms with van der Waals surface area (Å²) in [5, 5.41) is 13.9. The number of aliphatic carboxylic acids is 1. The molecule has 3 amide bonds. The molecule has 1 aliphatic rings. The van der Waals surface area contributed by atoms with Crippen molar-refractivity contribution in [2.75, 3.05) is 31.1 Å². The van der Waals surface area contributed by atoms with Gasteiger partial charge in [0.25, 0.3) is 0 Å². The number of hydrogen-bond acceptors (Lipinski definition) is 7. The Hall–Kier alpha value is -1.62. The van der Waals surface area contributed by atoms with Gasteiger partial charge in [0.05, 0.1) is 13.0 Å². The molecule has 0 spiro atoms. The van der Waals surface area contributed by atoms with Crippen LogP contribution in [0.3, 0.4) is 0 Å². The first-order valence-corrected chi connectivity index (χ1v) is 12.1. The van der Waals surface area contributed by atoms with Crippen LogP contribution in [0.4, 0.5) is 4.79 Å². The smallest absolute Gasteiger partial charge is 0.408 e. The van der Waals surface area contributed by atoms with Crippen molar-refractivity contribution in [3.63, 3.8) is 0 Å². The van der Waals surface area contributed by atoms with Gasteiger partial charge in [0.15, 0.2) is 0 Å². The summed E-state index contributed by atoms with van der Waals surface area (Å²) in [6.45, 7) is 6.11. The second-order valence-electron chi connectivity index (χ2n) is 7.59. The molecule has 11 heteroatoms. The monoisotopic (exact) mass is 449 g/mol. The first-order valence-electron chi connectivity index (χ1n) is 9.59. The van der Waals surface area contributed by atoms with Crippen molar-refractivity contribution in [2.45, 2.75) is 58.1 Å². The Morgan fingerprint density at radius 3 is 2.55 bits per heavy atom. The zero-order chi connectivity index (χ0) is 21.9. The van der Waals surface area contributed by atoms with Gasteiger partial charge in [0, 0.05) is 24.6 Å². The van der Waals surface area contributed by atoms with Crippen molar-refractivity contribution in [1.82, 2.24) is 15.5 Å². The van der Waals surface area contributed by atoms with Crippen LogP contribution in [-0.2, 0) is 19.1 Å². The highest BCUT2D eigenvalue weighted by Crippen LogP contribution is 2.21. The Bertz CT molecular complexity index is 582. The number of carbonyl (C=O) groups is 4. The number of alkyl carbamates (subject to hydrolysis) is 1. The number of rotatable bonds is 10. The van der Waals surface area contributed by atoms with Gasteiger partial charge in [0.1, 0.15) is 11.6 Å². The minimum absolute atomic E-state index is 0.0534. The fourth-order valence-electron chi connectivity index (χ4n) is 2.55. The zero-order valence-electron chi connectivity index (χ0n) is 17.2. The third-order valence-corrected chi connectivity index (χ3v) is 6.20. The van der Waals surface area contributed by atoms with E-state index in [9.17, 15) is 19.2 Å². The van der Waals surface area contributed by atoms with Crippen LogP contribution in [-0.4, -0.2) is 76.7 Å². The highest BCUT2D eigenvalue weighted by atomic mass is 33.1. The van der Waals surface area contributed by atoms with Crippen LogP contribution in [0, 0.1) is 0 Å². The number of nitrogens with zero attached hydrogens (tertiary/aromatic N) is 1. The van der Waals surface area contributed by atoms with Crippen molar-refractivity contribution in [3.05, 3.63) is 0 Å². The molecule has 0 aromatic carbocycles. The second-order valence-corrected chi connectivity index (χ2v) is 10.3. The Morgan fingerprint density at radius 2 is 1.90 bits per heavy atom. The van der Waals surface area contributed by atoms with Crippen molar-refractivity contribution in [2.24, 2.45) is 0 Å². The van der Waals surface area contributed by atoms with E-state index >= 15 is 0 Å². The summed E-state index contributed by atoms with van der Waals surface area (Å²) < 4.78 is 5.22. The molecule has 0 bridgehead atoms. The van der Waals surface area contributed by atoms with Crippen LogP contribution in [0.15, 0.2) is 0 Å². The van der Waals surface area contributed by atoms with Crippen molar-refractivity contribution < 1.29 is 29.0 Å². The SMILES string of the molecule is CC(C)(C)OC(=O)NC1CCCCN(CC(=O)NCCSSCCC(=O)O)C1=O. The number of nitrogens with one attached hydrogen (secondary N) is 2. The van der Waals surface area contributed by atoms with Crippen LogP contribution in [0.5, 0.6) is 0 Å². The van der Waals surface area contributed by atoms with Crippen LogP contribution in [0.1, 0.15) is 46.5 Å². The number of likely N-dealkylation sites (tertiary alicyclic amines) is 1. The molecular weight excluding hydrogens is 418 g/mol. The lowest BCUT2D eigenvalue weighted by molar-refractivity contribution is -0.137. The topological polar surface area (TPSA) is 125 Å². The molecule has 1 aliphatic heterocycles. The summed E-state index contributed by atoms with van der Waals surface area (Å²) in [6.07, 6.45) is 1.52. The summed E-state index contributed by atoms with van der Waals surface area (Å²) >= 11 is 0. The minimum atomic E-state index is -0.826. The molecule has 0 saturated carbocycles. The van der Waals surface area contributed by atoms with Gasteiger partial charge in [0.2, 0.25) is 11.8 Å². The summed E-state index contributed by atoms with van der Waals surface area (Å²) in [4.78, 5) is 48.7. The van der Waals surface area contributed by atoms with E-state index in [0.717, 1.165) is 12.8 Å². The highest BCUT2D eigenvalue weighted by Gasteiger charge is 2.30. The van der Waals surface area contributed by atoms with E-state index < -0.39 is 23.7 Å². The molecule has 1 unspecified atom stereocenters. The van der Waals surface area contributed by atoms with Crippen LogP contribution < -0.4 is 10.6 Å². The second kappa shape index (κ2) is 12.8. The third-order valence-electron chi connectivity index (χ3n) is 3.80. The summed E-state index contributed by atoms with van der Waals surface area (Å²) in [6, 6.07) is -0.693. The molecule has 0 radical (unpaired) electrons. The molecule has 29 heavy (non-hydrogen) atoms. The molecule has 1 heterocycles. The number of amides is 3. The third kappa shape index (κ3) is 11.8. The normalized spacial score (nSPS) is 17.4. The minimum Gasteiger partial charge on any atom is -0.481 e. The molecule has 1 atom stereocenters. The van der Waals surface area contributed by atoms with Gasteiger partial charge in [-0.3, -0.25) is 14.4 Å². The van der Waals surface area contributed by atoms with E-state index in [-0.39, 0.29) is 24.8 Å². The van der Waals surface area contributed by atoms with Gasteiger partial charge in [-0.2, -0.15) is 0 Å². The lowest BCUT2D eigenvalue weighted by Gasteiger charge is -2.26. The molecule has 1 rings (SSSR count). The Morgan fingerprint density at radius 1 is 1.21 bits per heavy atom. The Balaban J connectivity index is 2.37. The predicted octanol–water partition coefficient (Wildman–Crippen LogP) is 1.86. The summed E-state index contributed by atoms with van der Waals surface area (Å²) in [5.74, 6) is -0.197. The Kier molecular flexibility index (Phi) is 11.3. The molecule has 0 aromatic heterocycles. The first-order chi connectivity index (χ1) is 13.6. The molecule has 0 aromatic rings. The standard InChI is InChI=1S/C18H31N3O6S2/c1-18(2,3)27-17(26)20-13-6-4-5-9-21(16(13)25)12-14(22)19-8-11-29-28-10-7-15(23)24/h13H,4-12H2,1-3H3,(H,19,22)(H,20,26)(H,23,24). The zero-order valence-corrected chi connectivity index (χ0v) is 18.8. The highest BCUT2D eigenvalue weighted by molar-refractivity contribution is 8.76. The van der Waals surface area contributed by atoms with Crippen LogP contribution >= 0.6 is 21.6 Å². The quantitative estimate of drug-likeness (QED) is 0.341. The Labute approximate surface area is 179 Å². The van der Waals surface area contributed by atoms with E-state index in [1.807, 2.05) is 0 Å². The van der Waals surface area contributed by atoms with Crippen LogP contribution in [0.2, 0.25) is 0 Å². The van der Waals surface area contributed by atoms with Crippen molar-refractivity contribution in [3.8, 4) is 0 Å². The molecule has 1 saturated heterocycles. The van der Waals surface area contributed by atoms with Gasteiger partial charge in [-0.15, -0.1) is 0 Å². The number of carboxylic acids is 1. The maximum absolute atomic E-state index is 12.7. The summed E-state index contributed by atoms with van der Waals surface area (Å²) in [7, 11) is 2.95. The number of carbonyl (C=O) groups excluding carboxylic acids is 3.